The van der Waals surface area contributed by atoms with Gasteiger partial charge in [-0.3, -0.25) is 0 Å². The first-order chi connectivity index (χ1) is 8.00. The van der Waals surface area contributed by atoms with E-state index in [2.05, 4.69) is 22.6 Å². The first-order valence-electron chi connectivity index (χ1n) is 5.24. The van der Waals surface area contributed by atoms with Crippen molar-refractivity contribution in [3.05, 3.63) is 69.0 Å². The Labute approximate surface area is 113 Å². The third-order valence-electron chi connectivity index (χ3n) is 2.81. The molecule has 0 radical (unpaired) electrons. The summed E-state index contributed by atoms with van der Waals surface area (Å²) >= 11 is 2.21. The van der Waals surface area contributed by atoms with E-state index in [4.69, 9.17) is 0 Å². The van der Waals surface area contributed by atoms with E-state index in [0.717, 1.165) is 9.13 Å². The van der Waals surface area contributed by atoms with Crippen LogP contribution < -0.4 is 0 Å². The number of hydrogen-bond acceptors (Lipinski definition) is 1. The lowest BCUT2D eigenvalue weighted by Gasteiger charge is -2.24. The summed E-state index contributed by atoms with van der Waals surface area (Å²) in [4.78, 5) is 0. The zero-order valence-corrected chi connectivity index (χ0v) is 11.5. The number of benzene rings is 2. The van der Waals surface area contributed by atoms with Gasteiger partial charge in [-0.05, 0) is 64.9 Å². The SMILES string of the molecule is CC(O)(c1ccc(F)cc1)c1ccc(I)cc1. The molecule has 0 aliphatic rings. The van der Waals surface area contributed by atoms with Gasteiger partial charge in [0, 0.05) is 3.57 Å². The van der Waals surface area contributed by atoms with Crippen molar-refractivity contribution < 1.29 is 9.50 Å². The number of aliphatic hydroxyl groups is 1. The molecule has 17 heavy (non-hydrogen) atoms. The highest BCUT2D eigenvalue weighted by atomic mass is 127. The highest BCUT2D eigenvalue weighted by molar-refractivity contribution is 14.1. The molecule has 2 aromatic carbocycles. The van der Waals surface area contributed by atoms with E-state index in [0.29, 0.717) is 5.56 Å². The molecule has 2 aromatic rings. The van der Waals surface area contributed by atoms with E-state index in [1.165, 1.54) is 12.1 Å². The Morgan fingerprint density at radius 1 is 0.941 bits per heavy atom. The average Bonchev–Trinajstić information content (AvgIpc) is 2.30. The van der Waals surface area contributed by atoms with Crippen LogP contribution in [0.3, 0.4) is 0 Å². The zero-order chi connectivity index (χ0) is 12.5. The third-order valence-corrected chi connectivity index (χ3v) is 3.53. The summed E-state index contributed by atoms with van der Waals surface area (Å²) in [5.74, 6) is -0.299. The van der Waals surface area contributed by atoms with E-state index >= 15 is 0 Å². The molecule has 1 atom stereocenters. The van der Waals surface area contributed by atoms with E-state index in [9.17, 15) is 9.50 Å². The van der Waals surface area contributed by atoms with Crippen LogP contribution in [0.25, 0.3) is 0 Å². The lowest BCUT2D eigenvalue weighted by molar-refractivity contribution is 0.102. The zero-order valence-electron chi connectivity index (χ0n) is 9.32. The molecule has 0 saturated heterocycles. The highest BCUT2D eigenvalue weighted by Gasteiger charge is 2.25. The molecule has 1 unspecified atom stereocenters. The quantitative estimate of drug-likeness (QED) is 0.826. The van der Waals surface area contributed by atoms with Gasteiger partial charge in [0.15, 0.2) is 0 Å². The fraction of sp³-hybridized carbons (Fsp3) is 0.143. The van der Waals surface area contributed by atoms with Gasteiger partial charge in [-0.2, -0.15) is 0 Å². The van der Waals surface area contributed by atoms with Crippen LogP contribution >= 0.6 is 22.6 Å². The van der Waals surface area contributed by atoms with E-state index in [-0.39, 0.29) is 5.82 Å². The standard InChI is InChI=1S/C14H12FIO/c1-14(17,10-2-6-12(15)7-3-10)11-4-8-13(16)9-5-11/h2-9,17H,1H3. The van der Waals surface area contributed by atoms with Crippen LogP contribution in [0.2, 0.25) is 0 Å². The van der Waals surface area contributed by atoms with E-state index in [1.807, 2.05) is 24.3 Å². The van der Waals surface area contributed by atoms with Crippen LogP contribution in [0.15, 0.2) is 48.5 Å². The van der Waals surface area contributed by atoms with Crippen LogP contribution in [-0.4, -0.2) is 5.11 Å². The third kappa shape index (κ3) is 2.66. The molecule has 0 spiro atoms. The van der Waals surface area contributed by atoms with E-state index in [1.54, 1.807) is 19.1 Å². The molecule has 0 amide bonds. The topological polar surface area (TPSA) is 20.2 Å². The first-order valence-corrected chi connectivity index (χ1v) is 6.32. The smallest absolute Gasteiger partial charge is 0.123 e. The molecule has 3 heteroatoms. The molecular formula is C14H12FIO. The van der Waals surface area contributed by atoms with Gasteiger partial charge >= 0.3 is 0 Å². The molecule has 88 valence electrons. The Morgan fingerprint density at radius 2 is 1.35 bits per heavy atom. The molecular weight excluding hydrogens is 330 g/mol. The Hall–Kier alpha value is -0.940. The van der Waals surface area contributed by atoms with Crippen molar-refractivity contribution in [1.29, 1.82) is 0 Å². The molecule has 1 nitrogen and oxygen atoms in total. The van der Waals surface area contributed by atoms with E-state index < -0.39 is 5.60 Å². The van der Waals surface area contributed by atoms with Crippen molar-refractivity contribution in [2.24, 2.45) is 0 Å². The van der Waals surface area contributed by atoms with Crippen molar-refractivity contribution in [1.82, 2.24) is 0 Å². The monoisotopic (exact) mass is 342 g/mol. The molecule has 0 fully saturated rings. The van der Waals surface area contributed by atoms with Crippen molar-refractivity contribution in [3.8, 4) is 0 Å². The summed E-state index contributed by atoms with van der Waals surface area (Å²) in [6, 6.07) is 13.6. The second-order valence-electron chi connectivity index (χ2n) is 4.09. The molecule has 0 aliphatic heterocycles. The lowest BCUT2D eigenvalue weighted by atomic mass is 9.88. The molecule has 0 heterocycles. The van der Waals surface area contributed by atoms with Crippen molar-refractivity contribution in [3.63, 3.8) is 0 Å². The average molecular weight is 342 g/mol. The molecule has 0 aromatic heterocycles. The van der Waals surface area contributed by atoms with Gasteiger partial charge in [0.1, 0.15) is 11.4 Å². The van der Waals surface area contributed by atoms with Gasteiger partial charge in [0.2, 0.25) is 0 Å². The maximum atomic E-state index is 12.8. The first kappa shape index (κ1) is 12.5. The number of rotatable bonds is 2. The van der Waals surface area contributed by atoms with Gasteiger partial charge < -0.3 is 5.11 Å². The van der Waals surface area contributed by atoms with Crippen LogP contribution in [0.1, 0.15) is 18.1 Å². The summed E-state index contributed by atoms with van der Waals surface area (Å²) in [5.41, 5.74) is 0.377. The van der Waals surface area contributed by atoms with Crippen LogP contribution in [0.4, 0.5) is 4.39 Å². The maximum absolute atomic E-state index is 12.8. The van der Waals surface area contributed by atoms with Crippen LogP contribution in [-0.2, 0) is 5.60 Å². The van der Waals surface area contributed by atoms with Gasteiger partial charge in [-0.1, -0.05) is 24.3 Å². The molecule has 0 saturated carbocycles. The fourth-order valence-electron chi connectivity index (χ4n) is 1.72. The largest absolute Gasteiger partial charge is 0.381 e. The number of halogens is 2. The van der Waals surface area contributed by atoms with Crippen LogP contribution in [0, 0.1) is 9.39 Å². The summed E-state index contributed by atoms with van der Waals surface area (Å²) in [5, 5.41) is 10.5. The minimum absolute atomic E-state index is 0.299. The normalized spacial score (nSPS) is 14.4. The Morgan fingerprint density at radius 3 is 1.82 bits per heavy atom. The number of hydrogen-bond donors (Lipinski definition) is 1. The summed E-state index contributed by atoms with van der Waals surface area (Å²) in [6.45, 7) is 1.71. The van der Waals surface area contributed by atoms with Crippen molar-refractivity contribution in [2.45, 2.75) is 12.5 Å². The molecule has 0 bridgehead atoms. The highest BCUT2D eigenvalue weighted by Crippen LogP contribution is 2.29. The van der Waals surface area contributed by atoms with Gasteiger partial charge in [-0.15, -0.1) is 0 Å². The summed E-state index contributed by atoms with van der Waals surface area (Å²) in [6.07, 6.45) is 0. The summed E-state index contributed by atoms with van der Waals surface area (Å²) < 4.78 is 14.0. The van der Waals surface area contributed by atoms with Crippen molar-refractivity contribution >= 4 is 22.6 Å². The second-order valence-corrected chi connectivity index (χ2v) is 5.33. The van der Waals surface area contributed by atoms with Crippen molar-refractivity contribution in [2.75, 3.05) is 0 Å². The predicted octanol–water partition coefficient (Wildman–Crippen LogP) is 3.69. The fourth-order valence-corrected chi connectivity index (χ4v) is 2.08. The summed E-state index contributed by atoms with van der Waals surface area (Å²) in [7, 11) is 0. The predicted molar refractivity (Wildman–Crippen MR) is 74.2 cm³/mol. The molecule has 1 N–H and O–H groups in total. The van der Waals surface area contributed by atoms with Crippen LogP contribution in [0.5, 0.6) is 0 Å². The second kappa shape index (κ2) is 4.74. The Balaban J connectivity index is 2.41. The minimum atomic E-state index is -1.10. The lowest BCUT2D eigenvalue weighted by Crippen LogP contribution is -2.22. The molecule has 2 rings (SSSR count). The maximum Gasteiger partial charge on any atom is 0.123 e. The minimum Gasteiger partial charge on any atom is -0.381 e. The van der Waals surface area contributed by atoms with Gasteiger partial charge in [0.25, 0.3) is 0 Å². The Bertz CT molecular complexity index is 455. The van der Waals surface area contributed by atoms with Gasteiger partial charge in [0.05, 0.1) is 0 Å². The Kier molecular flexibility index (Phi) is 3.49. The molecule has 0 aliphatic carbocycles. The van der Waals surface area contributed by atoms with Gasteiger partial charge in [-0.25, -0.2) is 4.39 Å².